The van der Waals surface area contributed by atoms with Crippen LogP contribution < -0.4 is 10.1 Å². The molecule has 3 nitrogen and oxygen atoms in total. The Bertz CT molecular complexity index is 988. The van der Waals surface area contributed by atoms with Crippen molar-refractivity contribution in [2.45, 2.75) is 38.2 Å². The Morgan fingerprint density at radius 3 is 2.19 bits per heavy atom. The van der Waals surface area contributed by atoms with Gasteiger partial charge in [-0.25, -0.2) is 4.39 Å². The molecule has 162 valence electrons. The van der Waals surface area contributed by atoms with Crippen LogP contribution in [-0.2, 0) is 4.79 Å². The number of rotatable bonds is 8. The summed E-state index contributed by atoms with van der Waals surface area (Å²) >= 11 is 6.05. The van der Waals surface area contributed by atoms with Gasteiger partial charge in [-0.1, -0.05) is 61.0 Å². The van der Waals surface area contributed by atoms with Gasteiger partial charge in [0.25, 0.3) is 5.91 Å². The lowest BCUT2D eigenvalue weighted by atomic mass is 9.82. The van der Waals surface area contributed by atoms with Crippen LogP contribution in [0.5, 0.6) is 5.75 Å². The number of hydrogen-bond acceptors (Lipinski definition) is 2. The number of halogens is 2. The third-order valence-electron chi connectivity index (χ3n) is 5.44. The molecule has 3 aromatic rings. The molecule has 0 radical (unpaired) electrons. The molecule has 2 unspecified atom stereocenters. The topological polar surface area (TPSA) is 38.3 Å². The molecule has 3 rings (SSSR count). The molecule has 0 aliphatic heterocycles. The summed E-state index contributed by atoms with van der Waals surface area (Å²) in [6.07, 6.45) is 0. The van der Waals surface area contributed by atoms with E-state index in [-0.39, 0.29) is 23.6 Å². The van der Waals surface area contributed by atoms with Crippen molar-refractivity contribution in [2.24, 2.45) is 0 Å². The molecule has 3 aromatic carbocycles. The van der Waals surface area contributed by atoms with Crippen LogP contribution in [0.1, 0.15) is 43.7 Å². The highest BCUT2D eigenvalue weighted by molar-refractivity contribution is 6.30. The minimum atomic E-state index is -1.11. The van der Waals surface area contributed by atoms with E-state index < -0.39 is 5.60 Å². The average molecular weight is 440 g/mol. The zero-order valence-electron chi connectivity index (χ0n) is 17.9. The van der Waals surface area contributed by atoms with E-state index >= 15 is 0 Å². The van der Waals surface area contributed by atoms with E-state index in [1.807, 2.05) is 42.5 Å². The van der Waals surface area contributed by atoms with Gasteiger partial charge in [-0.15, -0.1) is 0 Å². The SMILES string of the molecule is CC(c1ccc(Cl)cc1)C(CNC(=O)C(C)(C)Oc1ccc(F)cc1)c1ccccc1. The first-order valence-corrected chi connectivity index (χ1v) is 10.7. The fraction of sp³-hybridized carbons (Fsp3) is 0.269. The lowest BCUT2D eigenvalue weighted by Crippen LogP contribution is -2.47. The molecule has 1 amide bonds. The van der Waals surface area contributed by atoms with Crippen LogP contribution in [0.4, 0.5) is 4.39 Å². The first-order chi connectivity index (χ1) is 14.8. The highest BCUT2D eigenvalue weighted by Gasteiger charge is 2.31. The van der Waals surface area contributed by atoms with E-state index in [1.54, 1.807) is 13.8 Å². The maximum absolute atomic E-state index is 13.1. The summed E-state index contributed by atoms with van der Waals surface area (Å²) in [5, 5.41) is 3.75. The van der Waals surface area contributed by atoms with Gasteiger partial charge in [0.1, 0.15) is 11.6 Å². The first kappa shape index (κ1) is 22.8. The molecule has 0 saturated carbocycles. The summed E-state index contributed by atoms with van der Waals surface area (Å²) in [5.41, 5.74) is 1.18. The van der Waals surface area contributed by atoms with Gasteiger partial charge >= 0.3 is 0 Å². The van der Waals surface area contributed by atoms with Gasteiger partial charge in [0.05, 0.1) is 0 Å². The van der Waals surface area contributed by atoms with E-state index in [1.165, 1.54) is 24.3 Å². The molecule has 0 spiro atoms. The summed E-state index contributed by atoms with van der Waals surface area (Å²) < 4.78 is 19.0. The molecule has 0 heterocycles. The molecule has 0 fully saturated rings. The van der Waals surface area contributed by atoms with Crippen LogP contribution in [0.15, 0.2) is 78.9 Å². The number of nitrogens with one attached hydrogen (secondary N) is 1. The molecule has 0 aliphatic carbocycles. The highest BCUT2D eigenvalue weighted by Crippen LogP contribution is 2.33. The molecule has 1 N–H and O–H groups in total. The molecule has 0 bridgehead atoms. The van der Waals surface area contributed by atoms with Crippen molar-refractivity contribution >= 4 is 17.5 Å². The van der Waals surface area contributed by atoms with Crippen molar-refractivity contribution in [1.29, 1.82) is 0 Å². The lowest BCUT2D eigenvalue weighted by molar-refractivity contribution is -0.134. The molecule has 0 aromatic heterocycles. The summed E-state index contributed by atoms with van der Waals surface area (Å²) in [6, 6.07) is 23.6. The number of amides is 1. The minimum absolute atomic E-state index is 0.0629. The number of carbonyl (C=O) groups is 1. The van der Waals surface area contributed by atoms with Crippen molar-refractivity contribution in [3.8, 4) is 5.75 Å². The van der Waals surface area contributed by atoms with Crippen LogP contribution in [0.3, 0.4) is 0 Å². The number of carbonyl (C=O) groups excluding carboxylic acids is 1. The van der Waals surface area contributed by atoms with Gasteiger partial charge in [-0.05, 0) is 67.3 Å². The van der Waals surface area contributed by atoms with Crippen LogP contribution >= 0.6 is 11.6 Å². The minimum Gasteiger partial charge on any atom is -0.478 e. The van der Waals surface area contributed by atoms with Crippen LogP contribution in [0.25, 0.3) is 0 Å². The predicted molar refractivity (Wildman–Crippen MR) is 123 cm³/mol. The number of ether oxygens (including phenoxy) is 1. The normalized spacial score (nSPS) is 13.3. The van der Waals surface area contributed by atoms with Gasteiger partial charge in [0.15, 0.2) is 5.60 Å². The molecule has 2 atom stereocenters. The van der Waals surface area contributed by atoms with E-state index in [0.29, 0.717) is 17.3 Å². The number of hydrogen-bond donors (Lipinski definition) is 1. The molecule has 0 aliphatic rings. The van der Waals surface area contributed by atoms with Gasteiger partial charge in [-0.3, -0.25) is 4.79 Å². The Balaban J connectivity index is 1.74. The second-order valence-electron chi connectivity index (χ2n) is 8.13. The Morgan fingerprint density at radius 2 is 1.58 bits per heavy atom. The molecular weight excluding hydrogens is 413 g/mol. The van der Waals surface area contributed by atoms with Crippen LogP contribution in [0.2, 0.25) is 5.02 Å². The maximum Gasteiger partial charge on any atom is 0.263 e. The van der Waals surface area contributed by atoms with E-state index in [0.717, 1.165) is 11.1 Å². The Kier molecular flexibility index (Phi) is 7.34. The monoisotopic (exact) mass is 439 g/mol. The second-order valence-corrected chi connectivity index (χ2v) is 8.57. The maximum atomic E-state index is 13.1. The third-order valence-corrected chi connectivity index (χ3v) is 5.70. The zero-order valence-corrected chi connectivity index (χ0v) is 18.7. The van der Waals surface area contributed by atoms with E-state index in [9.17, 15) is 9.18 Å². The summed E-state index contributed by atoms with van der Waals surface area (Å²) in [4.78, 5) is 12.9. The first-order valence-electron chi connectivity index (χ1n) is 10.3. The molecule has 31 heavy (non-hydrogen) atoms. The molecule has 0 saturated heterocycles. The van der Waals surface area contributed by atoms with Crippen LogP contribution in [-0.4, -0.2) is 18.1 Å². The smallest absolute Gasteiger partial charge is 0.263 e. The van der Waals surface area contributed by atoms with Crippen molar-refractivity contribution in [2.75, 3.05) is 6.54 Å². The Morgan fingerprint density at radius 1 is 0.968 bits per heavy atom. The fourth-order valence-corrected chi connectivity index (χ4v) is 3.67. The van der Waals surface area contributed by atoms with Crippen molar-refractivity contribution < 1.29 is 13.9 Å². The second kappa shape index (κ2) is 9.97. The average Bonchev–Trinajstić information content (AvgIpc) is 2.76. The Labute approximate surface area is 188 Å². The number of benzene rings is 3. The fourth-order valence-electron chi connectivity index (χ4n) is 3.54. The standard InChI is InChI=1S/C26H27ClFNO2/c1-18(19-9-11-21(27)12-10-19)24(20-7-5-4-6-8-20)17-29-25(30)26(2,3)31-23-15-13-22(28)14-16-23/h4-16,18,24H,17H2,1-3H3,(H,29,30). The largest absolute Gasteiger partial charge is 0.478 e. The van der Waals surface area contributed by atoms with E-state index in [4.69, 9.17) is 16.3 Å². The third kappa shape index (κ3) is 6.08. The predicted octanol–water partition coefficient (Wildman–Crippen LogP) is 6.34. The summed E-state index contributed by atoms with van der Waals surface area (Å²) in [7, 11) is 0. The Hall–Kier alpha value is -2.85. The van der Waals surface area contributed by atoms with Crippen molar-refractivity contribution in [3.63, 3.8) is 0 Å². The highest BCUT2D eigenvalue weighted by atomic mass is 35.5. The van der Waals surface area contributed by atoms with Crippen LogP contribution in [0, 0.1) is 5.82 Å². The molecule has 5 heteroatoms. The quantitative estimate of drug-likeness (QED) is 0.444. The van der Waals surface area contributed by atoms with Crippen molar-refractivity contribution in [3.05, 3.63) is 101 Å². The molecular formula is C26H27ClFNO2. The zero-order chi connectivity index (χ0) is 22.4. The van der Waals surface area contributed by atoms with Gasteiger partial charge in [0.2, 0.25) is 0 Å². The van der Waals surface area contributed by atoms with Crippen molar-refractivity contribution in [1.82, 2.24) is 5.32 Å². The summed E-state index contributed by atoms with van der Waals surface area (Å²) in [6.45, 7) is 5.99. The lowest BCUT2D eigenvalue weighted by Gasteiger charge is -2.29. The van der Waals surface area contributed by atoms with Gasteiger partial charge in [-0.2, -0.15) is 0 Å². The van der Waals surface area contributed by atoms with Gasteiger partial charge in [0, 0.05) is 17.5 Å². The summed E-state index contributed by atoms with van der Waals surface area (Å²) in [5.74, 6) is 0.0716. The van der Waals surface area contributed by atoms with E-state index in [2.05, 4.69) is 24.4 Å². The van der Waals surface area contributed by atoms with Gasteiger partial charge < -0.3 is 10.1 Å².